The number of carbonyl (C=O) groups excluding carboxylic acids is 2. The van der Waals surface area contributed by atoms with Crippen LogP contribution in [-0.2, 0) is 16.1 Å². The summed E-state index contributed by atoms with van der Waals surface area (Å²) in [5.41, 5.74) is 12.5. The highest BCUT2D eigenvalue weighted by atomic mass is 35.5. The zero-order valence-electron chi connectivity index (χ0n) is 20.7. The van der Waals surface area contributed by atoms with Crippen molar-refractivity contribution in [3.8, 4) is 5.75 Å². The van der Waals surface area contributed by atoms with Crippen molar-refractivity contribution in [1.29, 1.82) is 0 Å². The lowest BCUT2D eigenvalue weighted by Gasteiger charge is -2.23. The topological polar surface area (TPSA) is 186 Å². The average Bonchev–Trinajstić information content (AvgIpc) is 3.32. The van der Waals surface area contributed by atoms with Gasteiger partial charge in [-0.3, -0.25) is 9.59 Å². The van der Waals surface area contributed by atoms with E-state index in [0.29, 0.717) is 16.8 Å². The van der Waals surface area contributed by atoms with Gasteiger partial charge in [0.1, 0.15) is 17.2 Å². The molecule has 0 radical (unpaired) electrons. The van der Waals surface area contributed by atoms with Crippen LogP contribution >= 0.6 is 22.9 Å². The van der Waals surface area contributed by atoms with E-state index in [9.17, 15) is 24.3 Å². The van der Waals surface area contributed by atoms with Crippen LogP contribution in [0.3, 0.4) is 0 Å². The number of thiophene rings is 1. The molecular weight excluding hydrogens is 548 g/mol. The Bertz CT molecular complexity index is 1420. The first-order valence-corrected chi connectivity index (χ1v) is 12.7. The largest absolute Gasteiger partial charge is 0.480 e. The maximum absolute atomic E-state index is 13.0. The quantitative estimate of drug-likeness (QED) is 0.115. The monoisotopic (exact) mass is 572 g/mol. The Morgan fingerprint density at radius 3 is 2.33 bits per heavy atom. The van der Waals surface area contributed by atoms with E-state index < -0.39 is 36.3 Å². The third-order valence-electron chi connectivity index (χ3n) is 5.47. The Morgan fingerprint density at radius 2 is 1.77 bits per heavy atom. The van der Waals surface area contributed by atoms with Crippen LogP contribution in [0.2, 0.25) is 5.02 Å². The second-order valence-electron chi connectivity index (χ2n) is 8.53. The number of rotatable bonds is 11. The van der Waals surface area contributed by atoms with Crippen LogP contribution in [0, 0.1) is 0 Å². The molecule has 0 saturated heterocycles. The number of hydrogen-bond donors (Lipinski definition) is 4. The van der Waals surface area contributed by atoms with Crippen LogP contribution in [0.4, 0.5) is 5.69 Å². The van der Waals surface area contributed by atoms with Gasteiger partial charge in [0.05, 0.1) is 11.3 Å². The lowest BCUT2D eigenvalue weighted by molar-refractivity contribution is -0.145. The molecule has 13 heteroatoms. The summed E-state index contributed by atoms with van der Waals surface area (Å²) in [4.78, 5) is 53.1. The van der Waals surface area contributed by atoms with E-state index in [2.05, 4.69) is 4.99 Å². The molecule has 0 fully saturated rings. The molecule has 1 aromatic heterocycles. The van der Waals surface area contributed by atoms with Gasteiger partial charge in [-0.05, 0) is 64.9 Å². The number of aromatic carboxylic acids is 1. The number of guanidine groups is 1. The van der Waals surface area contributed by atoms with Crippen molar-refractivity contribution in [1.82, 2.24) is 4.90 Å². The molecule has 2 aromatic carbocycles. The number of benzene rings is 2. The molecule has 0 aliphatic carbocycles. The highest BCUT2D eigenvalue weighted by Crippen LogP contribution is 2.31. The third kappa shape index (κ3) is 8.28. The Balaban J connectivity index is 1.66. The van der Waals surface area contributed by atoms with Crippen LogP contribution in [0.5, 0.6) is 5.75 Å². The third-order valence-corrected chi connectivity index (χ3v) is 6.77. The summed E-state index contributed by atoms with van der Waals surface area (Å²) in [6, 6.07) is 12.2. The number of aliphatic imine (C=N–C) groups is 1. The molecule has 1 atom stereocenters. The molecule has 3 aromatic rings. The molecule has 1 heterocycles. The van der Waals surface area contributed by atoms with Crippen molar-refractivity contribution >= 4 is 58.4 Å². The van der Waals surface area contributed by atoms with Gasteiger partial charge >= 0.3 is 17.9 Å². The fraction of sp³-hybridized carbons (Fsp3) is 0.192. The number of carbonyl (C=O) groups is 4. The number of carboxylic acid groups (broad SMARTS) is 2. The summed E-state index contributed by atoms with van der Waals surface area (Å²) in [6.07, 6.45) is -0.0514. The minimum atomic E-state index is -1.19. The van der Waals surface area contributed by atoms with Crippen molar-refractivity contribution in [2.24, 2.45) is 16.5 Å². The van der Waals surface area contributed by atoms with E-state index >= 15 is 0 Å². The second-order valence-corrected chi connectivity index (χ2v) is 9.85. The van der Waals surface area contributed by atoms with Gasteiger partial charge in [-0.25, -0.2) is 14.6 Å². The Labute approximate surface area is 232 Å². The summed E-state index contributed by atoms with van der Waals surface area (Å²) < 4.78 is 5.40. The highest BCUT2D eigenvalue weighted by molar-refractivity contribution is 7.12. The summed E-state index contributed by atoms with van der Waals surface area (Å²) in [5, 5.41) is 20.2. The molecule has 3 rings (SSSR count). The number of nitrogens with two attached hydrogens (primary N) is 2. The molecule has 0 aliphatic heterocycles. The van der Waals surface area contributed by atoms with Gasteiger partial charge < -0.3 is 31.3 Å². The van der Waals surface area contributed by atoms with E-state index in [4.69, 9.17) is 32.9 Å². The predicted octanol–water partition coefficient (Wildman–Crippen LogP) is 3.83. The lowest BCUT2D eigenvalue weighted by atomic mass is 9.96. The second kappa shape index (κ2) is 12.9. The summed E-state index contributed by atoms with van der Waals surface area (Å²) in [5.74, 6) is -3.67. The maximum atomic E-state index is 13.0. The number of hydrogen-bond acceptors (Lipinski definition) is 7. The van der Waals surface area contributed by atoms with Gasteiger partial charge in [0, 0.05) is 18.0 Å². The first kappa shape index (κ1) is 29.1. The molecule has 1 unspecified atom stereocenters. The molecule has 0 spiro atoms. The van der Waals surface area contributed by atoms with Crippen molar-refractivity contribution in [2.75, 3.05) is 6.54 Å². The number of amides is 1. The van der Waals surface area contributed by atoms with Crippen molar-refractivity contribution < 1.29 is 34.1 Å². The first-order chi connectivity index (χ1) is 18.4. The van der Waals surface area contributed by atoms with Crippen LogP contribution in [0.15, 0.2) is 58.9 Å². The minimum absolute atomic E-state index is 0.0445. The van der Waals surface area contributed by atoms with Gasteiger partial charge in [0.25, 0.3) is 0 Å². The number of aliphatic carboxylic acids is 1. The van der Waals surface area contributed by atoms with Crippen molar-refractivity contribution in [3.63, 3.8) is 0 Å². The zero-order chi connectivity index (χ0) is 28.7. The van der Waals surface area contributed by atoms with Crippen molar-refractivity contribution in [2.45, 2.75) is 25.8 Å². The van der Waals surface area contributed by atoms with Crippen LogP contribution in [-0.4, -0.2) is 51.4 Å². The molecule has 11 nitrogen and oxygen atoms in total. The minimum Gasteiger partial charge on any atom is -0.480 e. The Kier molecular flexibility index (Phi) is 9.63. The standard InChI is InChI=1S/C26H25ClN4O7S/c1-14(8-22(32)31(12-23(33)34)11-15-9-21(24(35)36)39-13-15)19-7-6-18(10-20(19)27)38-25(37)16-2-4-17(5-3-16)30-26(28)29/h2-7,9-10,13-14H,8,11-12H2,1H3,(H,33,34)(H,35,36)(H4,28,29,30). The van der Waals surface area contributed by atoms with Gasteiger partial charge in [-0.2, -0.15) is 0 Å². The predicted molar refractivity (Wildman–Crippen MR) is 146 cm³/mol. The van der Waals surface area contributed by atoms with Gasteiger partial charge in [0.2, 0.25) is 5.91 Å². The van der Waals surface area contributed by atoms with Crippen LogP contribution < -0.4 is 16.2 Å². The molecule has 39 heavy (non-hydrogen) atoms. The van der Waals surface area contributed by atoms with E-state index in [1.54, 1.807) is 36.6 Å². The molecule has 6 N–H and O–H groups in total. The molecule has 204 valence electrons. The van der Waals surface area contributed by atoms with Gasteiger partial charge in [-0.15, -0.1) is 11.3 Å². The fourth-order valence-corrected chi connectivity index (χ4v) is 4.74. The first-order valence-electron chi connectivity index (χ1n) is 11.4. The van der Waals surface area contributed by atoms with Crippen LogP contribution in [0.25, 0.3) is 0 Å². The fourth-order valence-electron chi connectivity index (χ4n) is 3.65. The van der Waals surface area contributed by atoms with E-state index in [1.165, 1.54) is 24.3 Å². The molecule has 0 bridgehead atoms. The highest BCUT2D eigenvalue weighted by Gasteiger charge is 2.23. The number of ether oxygens (including phenoxy) is 1. The van der Waals surface area contributed by atoms with Gasteiger partial charge in [-0.1, -0.05) is 24.6 Å². The smallest absolute Gasteiger partial charge is 0.345 e. The van der Waals surface area contributed by atoms with E-state index in [0.717, 1.165) is 16.2 Å². The summed E-state index contributed by atoms with van der Waals surface area (Å²) >= 11 is 7.43. The van der Waals surface area contributed by atoms with E-state index in [-0.39, 0.29) is 40.1 Å². The normalized spacial score (nSPS) is 11.3. The Hall–Kier alpha value is -4.42. The Morgan fingerprint density at radius 1 is 1.08 bits per heavy atom. The molecule has 0 aliphatic rings. The number of carboxylic acids is 2. The maximum Gasteiger partial charge on any atom is 0.345 e. The van der Waals surface area contributed by atoms with Gasteiger partial charge in [0.15, 0.2) is 5.96 Å². The number of esters is 1. The SMILES string of the molecule is CC(CC(=O)N(CC(=O)O)Cc1csc(C(=O)O)c1)c1ccc(OC(=O)c2ccc(N=C(N)N)cc2)cc1Cl. The zero-order valence-corrected chi connectivity index (χ0v) is 22.2. The average molecular weight is 573 g/mol. The lowest BCUT2D eigenvalue weighted by Crippen LogP contribution is -2.35. The van der Waals surface area contributed by atoms with Crippen molar-refractivity contribution in [3.05, 3.63) is 80.5 Å². The summed E-state index contributed by atoms with van der Waals surface area (Å²) in [7, 11) is 0. The number of halogens is 1. The number of nitrogens with zero attached hydrogens (tertiary/aromatic N) is 2. The summed E-state index contributed by atoms with van der Waals surface area (Å²) in [6.45, 7) is 1.17. The molecule has 0 saturated carbocycles. The molecule has 1 amide bonds. The molecular formula is C26H25ClN4O7S. The van der Waals surface area contributed by atoms with E-state index in [1.807, 2.05) is 0 Å². The van der Waals surface area contributed by atoms with Crippen LogP contribution in [0.1, 0.15) is 50.4 Å².